The Morgan fingerprint density at radius 3 is 2.74 bits per heavy atom. The quantitative estimate of drug-likeness (QED) is 0.897. The third-order valence-corrected chi connectivity index (χ3v) is 5.91. The second-order valence-corrected chi connectivity index (χ2v) is 7.74. The standard InChI is InChI=1S/C20H26N4O3/c1-12-10-15(18(25)21-2)16-17(23-27-19(16)22-12)14-8-9-24(11-14)20(26)13-6-4-3-5-7-13/h10,13-14H,3-9,11H2,1-2H3,(H,21,25). The molecule has 0 aromatic carbocycles. The number of hydrogen-bond donors (Lipinski definition) is 1. The van der Waals surface area contributed by atoms with Gasteiger partial charge in [-0.05, 0) is 32.3 Å². The first-order valence-electron chi connectivity index (χ1n) is 9.86. The Balaban J connectivity index is 1.60. The maximum atomic E-state index is 12.9. The first-order valence-corrected chi connectivity index (χ1v) is 9.86. The molecule has 1 saturated carbocycles. The molecule has 1 unspecified atom stereocenters. The molecule has 1 aliphatic heterocycles. The minimum absolute atomic E-state index is 0.0757. The summed E-state index contributed by atoms with van der Waals surface area (Å²) in [5.41, 5.74) is 2.38. The van der Waals surface area contributed by atoms with E-state index >= 15 is 0 Å². The van der Waals surface area contributed by atoms with Crippen LogP contribution in [0.2, 0.25) is 0 Å². The average Bonchev–Trinajstić information content (AvgIpc) is 3.33. The Labute approximate surface area is 158 Å². The largest absolute Gasteiger partial charge is 0.355 e. The van der Waals surface area contributed by atoms with Gasteiger partial charge in [-0.25, -0.2) is 4.98 Å². The minimum atomic E-state index is -0.178. The van der Waals surface area contributed by atoms with Crippen LogP contribution in [0.15, 0.2) is 10.6 Å². The van der Waals surface area contributed by atoms with Crippen LogP contribution in [0.4, 0.5) is 0 Å². The smallest absolute Gasteiger partial charge is 0.259 e. The molecular weight excluding hydrogens is 344 g/mol. The fourth-order valence-corrected chi connectivity index (χ4v) is 4.48. The van der Waals surface area contributed by atoms with Crippen LogP contribution in [-0.4, -0.2) is 47.0 Å². The lowest BCUT2D eigenvalue weighted by molar-refractivity contribution is -0.135. The molecule has 3 heterocycles. The van der Waals surface area contributed by atoms with Gasteiger partial charge in [0.25, 0.3) is 11.6 Å². The fourth-order valence-electron chi connectivity index (χ4n) is 4.48. The van der Waals surface area contributed by atoms with Crippen molar-refractivity contribution in [1.82, 2.24) is 20.4 Å². The molecule has 0 spiro atoms. The van der Waals surface area contributed by atoms with Crippen LogP contribution in [-0.2, 0) is 4.79 Å². The molecule has 4 rings (SSSR count). The van der Waals surface area contributed by atoms with Gasteiger partial charge in [0.15, 0.2) is 0 Å². The van der Waals surface area contributed by atoms with Gasteiger partial charge in [-0.3, -0.25) is 9.59 Å². The highest BCUT2D eigenvalue weighted by Crippen LogP contribution is 2.35. The van der Waals surface area contributed by atoms with Gasteiger partial charge in [-0.15, -0.1) is 0 Å². The number of aromatic nitrogens is 2. The number of nitrogens with one attached hydrogen (secondary N) is 1. The van der Waals surface area contributed by atoms with Crippen molar-refractivity contribution in [3.05, 3.63) is 23.0 Å². The van der Waals surface area contributed by atoms with Crippen LogP contribution in [0.25, 0.3) is 11.1 Å². The summed E-state index contributed by atoms with van der Waals surface area (Å²) in [6, 6.07) is 1.77. The van der Waals surface area contributed by atoms with Crippen molar-refractivity contribution in [2.75, 3.05) is 20.1 Å². The highest BCUT2D eigenvalue weighted by Gasteiger charge is 2.35. The van der Waals surface area contributed by atoms with E-state index in [1.165, 1.54) is 6.42 Å². The van der Waals surface area contributed by atoms with E-state index in [1.54, 1.807) is 13.1 Å². The lowest BCUT2D eigenvalue weighted by Crippen LogP contribution is -2.35. The van der Waals surface area contributed by atoms with E-state index in [1.807, 2.05) is 11.8 Å². The third kappa shape index (κ3) is 3.31. The molecule has 1 atom stereocenters. The molecule has 144 valence electrons. The molecule has 7 nitrogen and oxygen atoms in total. The van der Waals surface area contributed by atoms with Gasteiger partial charge in [0, 0.05) is 37.7 Å². The van der Waals surface area contributed by atoms with E-state index in [2.05, 4.69) is 15.5 Å². The van der Waals surface area contributed by atoms with E-state index in [9.17, 15) is 9.59 Å². The molecule has 2 fully saturated rings. The van der Waals surface area contributed by atoms with E-state index in [0.717, 1.165) is 44.3 Å². The number of carbonyl (C=O) groups is 2. The predicted molar refractivity (Wildman–Crippen MR) is 100 cm³/mol. The van der Waals surface area contributed by atoms with E-state index < -0.39 is 0 Å². The minimum Gasteiger partial charge on any atom is -0.355 e. The number of pyridine rings is 1. The summed E-state index contributed by atoms with van der Waals surface area (Å²) in [6.07, 6.45) is 6.41. The summed E-state index contributed by atoms with van der Waals surface area (Å²) < 4.78 is 5.45. The van der Waals surface area contributed by atoms with Crippen LogP contribution < -0.4 is 5.32 Å². The van der Waals surface area contributed by atoms with Crippen molar-refractivity contribution in [1.29, 1.82) is 0 Å². The van der Waals surface area contributed by atoms with Crippen molar-refractivity contribution < 1.29 is 14.1 Å². The van der Waals surface area contributed by atoms with Gasteiger partial charge in [0.2, 0.25) is 5.91 Å². The van der Waals surface area contributed by atoms with Crippen molar-refractivity contribution in [3.8, 4) is 0 Å². The average molecular weight is 370 g/mol. The molecule has 0 radical (unpaired) electrons. The number of carbonyl (C=O) groups excluding carboxylic acids is 2. The van der Waals surface area contributed by atoms with Gasteiger partial charge in [-0.1, -0.05) is 24.4 Å². The van der Waals surface area contributed by atoms with E-state index in [0.29, 0.717) is 28.9 Å². The monoisotopic (exact) mass is 370 g/mol. The molecule has 2 amide bonds. The van der Waals surface area contributed by atoms with Crippen molar-refractivity contribution in [2.24, 2.45) is 5.92 Å². The number of fused-ring (bicyclic) bond motifs is 1. The summed E-state index contributed by atoms with van der Waals surface area (Å²) in [4.78, 5) is 31.6. The number of amides is 2. The maximum Gasteiger partial charge on any atom is 0.259 e. The summed E-state index contributed by atoms with van der Waals surface area (Å²) in [6.45, 7) is 3.20. The Kier molecular flexibility index (Phi) is 4.85. The zero-order chi connectivity index (χ0) is 19.0. The highest BCUT2D eigenvalue weighted by atomic mass is 16.5. The SMILES string of the molecule is CNC(=O)c1cc(C)nc2onc(C3CCN(C(=O)C4CCCCC4)C3)c12. The Morgan fingerprint density at radius 1 is 1.22 bits per heavy atom. The predicted octanol–water partition coefficient (Wildman–Crippen LogP) is 2.79. The third-order valence-electron chi connectivity index (χ3n) is 5.91. The molecule has 0 bridgehead atoms. The van der Waals surface area contributed by atoms with Crippen LogP contribution >= 0.6 is 0 Å². The number of hydrogen-bond acceptors (Lipinski definition) is 5. The zero-order valence-corrected chi connectivity index (χ0v) is 16.0. The van der Waals surface area contributed by atoms with Crippen LogP contribution in [0.3, 0.4) is 0 Å². The molecular formula is C20H26N4O3. The van der Waals surface area contributed by atoms with Crippen LogP contribution in [0.1, 0.15) is 66.2 Å². The number of aryl methyl sites for hydroxylation is 1. The summed E-state index contributed by atoms with van der Waals surface area (Å²) in [5, 5.41) is 7.60. The van der Waals surface area contributed by atoms with Gasteiger partial charge < -0.3 is 14.7 Å². The van der Waals surface area contributed by atoms with Gasteiger partial charge in [0.05, 0.1) is 16.6 Å². The Morgan fingerprint density at radius 2 is 2.00 bits per heavy atom. The number of nitrogens with zero attached hydrogens (tertiary/aromatic N) is 3. The lowest BCUT2D eigenvalue weighted by Gasteiger charge is -2.26. The van der Waals surface area contributed by atoms with Gasteiger partial charge in [-0.2, -0.15) is 0 Å². The molecule has 1 N–H and O–H groups in total. The Bertz CT molecular complexity index is 869. The van der Waals surface area contributed by atoms with Crippen molar-refractivity contribution >= 4 is 22.9 Å². The maximum absolute atomic E-state index is 12.9. The van der Waals surface area contributed by atoms with Gasteiger partial charge >= 0.3 is 0 Å². The zero-order valence-electron chi connectivity index (χ0n) is 16.0. The van der Waals surface area contributed by atoms with E-state index in [4.69, 9.17) is 4.52 Å². The van der Waals surface area contributed by atoms with Crippen LogP contribution in [0, 0.1) is 12.8 Å². The summed E-state index contributed by atoms with van der Waals surface area (Å²) in [7, 11) is 1.61. The molecule has 7 heteroatoms. The summed E-state index contributed by atoms with van der Waals surface area (Å²) >= 11 is 0. The number of likely N-dealkylation sites (tertiary alicyclic amines) is 1. The summed E-state index contributed by atoms with van der Waals surface area (Å²) in [5.74, 6) is 0.359. The van der Waals surface area contributed by atoms with Crippen molar-refractivity contribution in [2.45, 2.75) is 51.4 Å². The van der Waals surface area contributed by atoms with Gasteiger partial charge in [0.1, 0.15) is 0 Å². The molecule has 2 aromatic rings. The lowest BCUT2D eigenvalue weighted by atomic mass is 9.88. The van der Waals surface area contributed by atoms with E-state index in [-0.39, 0.29) is 23.7 Å². The fraction of sp³-hybridized carbons (Fsp3) is 0.600. The number of rotatable bonds is 3. The first kappa shape index (κ1) is 17.9. The molecule has 1 saturated heterocycles. The molecule has 2 aromatic heterocycles. The second kappa shape index (κ2) is 7.29. The second-order valence-electron chi connectivity index (χ2n) is 7.74. The molecule has 2 aliphatic rings. The highest BCUT2D eigenvalue weighted by molar-refractivity contribution is 6.06. The topological polar surface area (TPSA) is 88.3 Å². The molecule has 1 aliphatic carbocycles. The Hall–Kier alpha value is -2.44. The first-order chi connectivity index (χ1) is 13.1. The van der Waals surface area contributed by atoms with Crippen LogP contribution in [0.5, 0.6) is 0 Å². The normalized spacial score (nSPS) is 21.0. The van der Waals surface area contributed by atoms with Crippen molar-refractivity contribution in [3.63, 3.8) is 0 Å². The molecule has 27 heavy (non-hydrogen) atoms.